The number of methoxy groups -OCH3 is 1. The summed E-state index contributed by atoms with van der Waals surface area (Å²) >= 11 is 1.38. The second-order valence-corrected chi connectivity index (χ2v) is 5.54. The van der Waals surface area contributed by atoms with E-state index in [1.165, 1.54) is 25.1 Å². The van der Waals surface area contributed by atoms with Crippen molar-refractivity contribution < 1.29 is 13.9 Å². The minimum Gasteiger partial charge on any atom is -0.448 e. The molecule has 3 aromatic rings. The highest BCUT2D eigenvalue weighted by atomic mass is 32.2. The summed E-state index contributed by atoms with van der Waals surface area (Å²) < 4.78 is 10.3. The van der Waals surface area contributed by atoms with E-state index in [4.69, 9.17) is 4.42 Å². The monoisotopic (exact) mass is 330 g/mol. The molecule has 0 aliphatic rings. The number of nitrogens with one attached hydrogen (secondary N) is 2. The number of carbonyl (C=O) groups is 1. The number of rotatable bonds is 6. The molecule has 7 nitrogen and oxygen atoms in total. The third kappa shape index (κ3) is 3.99. The molecule has 0 unspecified atom stereocenters. The van der Waals surface area contributed by atoms with E-state index in [-0.39, 0.29) is 12.5 Å². The molecule has 3 rings (SSSR count). The first-order valence-electron chi connectivity index (χ1n) is 6.78. The second kappa shape index (κ2) is 7.12. The molecule has 0 fully saturated rings. The van der Waals surface area contributed by atoms with Gasteiger partial charge in [-0.1, -0.05) is 12.1 Å². The molecule has 2 N–H and O–H groups in total. The Kier molecular flexibility index (Phi) is 4.74. The van der Waals surface area contributed by atoms with Crippen molar-refractivity contribution in [2.24, 2.45) is 5.10 Å². The summed E-state index contributed by atoms with van der Waals surface area (Å²) in [5, 5.41) is 5.21. The number of para-hydroxylation sites is 2. The van der Waals surface area contributed by atoms with Crippen molar-refractivity contribution in [2.75, 3.05) is 13.7 Å². The van der Waals surface area contributed by atoms with Crippen LogP contribution < -0.4 is 5.43 Å². The number of amides is 1. The van der Waals surface area contributed by atoms with Crippen molar-refractivity contribution in [2.45, 2.75) is 10.2 Å². The van der Waals surface area contributed by atoms with Crippen LogP contribution in [0.5, 0.6) is 0 Å². The predicted molar refractivity (Wildman–Crippen MR) is 86.5 cm³/mol. The molecule has 0 saturated carbocycles. The number of H-pyrrole nitrogens is 1. The van der Waals surface area contributed by atoms with Crippen LogP contribution in [0, 0.1) is 0 Å². The Morgan fingerprint density at radius 1 is 1.43 bits per heavy atom. The van der Waals surface area contributed by atoms with Gasteiger partial charge in [0.25, 0.3) is 5.91 Å². The third-order valence-electron chi connectivity index (χ3n) is 2.82. The zero-order chi connectivity index (χ0) is 16.1. The summed E-state index contributed by atoms with van der Waals surface area (Å²) in [6.45, 7) is -0.0390. The molecule has 2 heterocycles. The first kappa shape index (κ1) is 15.3. The highest BCUT2D eigenvalue weighted by Gasteiger charge is 2.07. The normalized spacial score (nSPS) is 11.3. The minimum absolute atomic E-state index is 0.0390. The van der Waals surface area contributed by atoms with Gasteiger partial charge in [-0.25, -0.2) is 10.4 Å². The molecular weight excluding hydrogens is 316 g/mol. The quantitative estimate of drug-likeness (QED) is 0.535. The van der Waals surface area contributed by atoms with Gasteiger partial charge in [0.1, 0.15) is 12.4 Å². The van der Waals surface area contributed by atoms with E-state index in [2.05, 4.69) is 25.2 Å². The average Bonchev–Trinajstić information content (AvgIpc) is 3.14. The molecular formula is C15H14N4O3S. The Morgan fingerprint density at radius 3 is 3.13 bits per heavy atom. The molecule has 8 heteroatoms. The Labute approximate surface area is 136 Å². The Hall–Kier alpha value is -2.58. The largest absolute Gasteiger partial charge is 0.448 e. The maximum Gasteiger partial charge on any atom is 0.266 e. The summed E-state index contributed by atoms with van der Waals surface area (Å²) in [5.74, 6) is 0.202. The van der Waals surface area contributed by atoms with Crippen LogP contribution in [0.25, 0.3) is 11.0 Å². The van der Waals surface area contributed by atoms with E-state index in [1.807, 2.05) is 30.3 Å². The van der Waals surface area contributed by atoms with Gasteiger partial charge in [0, 0.05) is 7.11 Å². The van der Waals surface area contributed by atoms with E-state index < -0.39 is 0 Å². The average molecular weight is 330 g/mol. The van der Waals surface area contributed by atoms with Gasteiger partial charge < -0.3 is 14.1 Å². The van der Waals surface area contributed by atoms with Gasteiger partial charge in [0.2, 0.25) is 0 Å². The molecule has 0 spiro atoms. The van der Waals surface area contributed by atoms with Crippen molar-refractivity contribution in [1.82, 2.24) is 15.4 Å². The van der Waals surface area contributed by atoms with Crippen molar-refractivity contribution in [3.8, 4) is 0 Å². The standard InChI is InChI=1S/C15H14N4O3S/c1-21-9-13(20)19-16-8-10-6-7-14(22-10)23-15-17-11-4-2-3-5-12(11)18-15/h2-8H,9H2,1H3,(H,17,18)(H,19,20)/b16-8+. The van der Waals surface area contributed by atoms with E-state index in [9.17, 15) is 4.79 Å². The Morgan fingerprint density at radius 2 is 2.30 bits per heavy atom. The van der Waals surface area contributed by atoms with Crippen LogP contribution in [-0.2, 0) is 9.53 Å². The summed E-state index contributed by atoms with van der Waals surface area (Å²) in [5.41, 5.74) is 4.21. The number of ether oxygens (including phenoxy) is 1. The predicted octanol–water partition coefficient (Wildman–Crippen LogP) is 2.40. The molecule has 1 amide bonds. The molecule has 0 aliphatic carbocycles. The lowest BCUT2D eigenvalue weighted by molar-refractivity contribution is -0.124. The molecule has 0 bridgehead atoms. The number of benzene rings is 1. The lowest BCUT2D eigenvalue weighted by Gasteiger charge is -1.95. The molecule has 118 valence electrons. The summed E-state index contributed by atoms with van der Waals surface area (Å²) in [7, 11) is 1.44. The van der Waals surface area contributed by atoms with Crippen molar-refractivity contribution >= 4 is 34.9 Å². The van der Waals surface area contributed by atoms with Gasteiger partial charge in [-0.3, -0.25) is 4.79 Å². The molecule has 0 aliphatic heterocycles. The number of nitrogens with zero attached hydrogens (tertiary/aromatic N) is 2. The van der Waals surface area contributed by atoms with Gasteiger partial charge >= 0.3 is 0 Å². The fourth-order valence-electron chi connectivity index (χ4n) is 1.86. The fourth-order valence-corrected chi connectivity index (χ4v) is 2.63. The highest BCUT2D eigenvalue weighted by molar-refractivity contribution is 7.99. The van der Waals surface area contributed by atoms with Crippen LogP contribution in [0.4, 0.5) is 0 Å². The van der Waals surface area contributed by atoms with Gasteiger partial charge in [0.05, 0.1) is 17.2 Å². The maximum absolute atomic E-state index is 11.2. The topological polar surface area (TPSA) is 92.5 Å². The smallest absolute Gasteiger partial charge is 0.266 e. The lowest BCUT2D eigenvalue weighted by atomic mass is 10.3. The number of fused-ring (bicyclic) bond motifs is 1. The third-order valence-corrected chi connectivity index (χ3v) is 3.63. The maximum atomic E-state index is 11.2. The SMILES string of the molecule is COCC(=O)N/N=C/c1ccc(Sc2nc3ccccc3[nH]2)o1. The van der Waals surface area contributed by atoms with E-state index in [0.717, 1.165) is 16.2 Å². The van der Waals surface area contributed by atoms with Gasteiger partial charge in [-0.15, -0.1) is 0 Å². The number of hydrogen-bond donors (Lipinski definition) is 2. The Bertz CT molecular complexity index is 807. The van der Waals surface area contributed by atoms with Crippen LogP contribution in [-0.4, -0.2) is 35.8 Å². The minimum atomic E-state index is -0.327. The summed E-state index contributed by atoms with van der Waals surface area (Å²) in [6.07, 6.45) is 1.43. The number of aromatic nitrogens is 2. The van der Waals surface area contributed by atoms with Crippen molar-refractivity contribution in [1.29, 1.82) is 0 Å². The molecule has 0 atom stereocenters. The number of aromatic amines is 1. The van der Waals surface area contributed by atoms with E-state index in [0.29, 0.717) is 10.9 Å². The Balaban J connectivity index is 1.62. The van der Waals surface area contributed by atoms with E-state index in [1.54, 1.807) is 6.07 Å². The first-order chi connectivity index (χ1) is 11.2. The van der Waals surface area contributed by atoms with Gasteiger partial charge in [-0.05, 0) is 36.0 Å². The van der Waals surface area contributed by atoms with Gasteiger partial charge in [0.15, 0.2) is 10.2 Å². The van der Waals surface area contributed by atoms with Gasteiger partial charge in [-0.2, -0.15) is 5.10 Å². The fraction of sp³-hybridized carbons (Fsp3) is 0.133. The van der Waals surface area contributed by atoms with Crippen LogP contribution in [0.2, 0.25) is 0 Å². The molecule has 0 radical (unpaired) electrons. The number of hydrazone groups is 1. The molecule has 1 aromatic carbocycles. The molecule has 0 saturated heterocycles. The number of furan rings is 1. The number of carbonyl (C=O) groups excluding carboxylic acids is 1. The van der Waals surface area contributed by atoms with Crippen LogP contribution in [0.3, 0.4) is 0 Å². The zero-order valence-corrected chi connectivity index (χ0v) is 13.1. The first-order valence-corrected chi connectivity index (χ1v) is 7.59. The molecule has 23 heavy (non-hydrogen) atoms. The van der Waals surface area contributed by atoms with Crippen LogP contribution in [0.1, 0.15) is 5.76 Å². The number of hydrogen-bond acceptors (Lipinski definition) is 6. The zero-order valence-electron chi connectivity index (χ0n) is 12.3. The summed E-state index contributed by atoms with van der Waals surface area (Å²) in [4.78, 5) is 18.8. The number of imidazole rings is 1. The molecule has 2 aromatic heterocycles. The van der Waals surface area contributed by atoms with Crippen LogP contribution >= 0.6 is 11.8 Å². The highest BCUT2D eigenvalue weighted by Crippen LogP contribution is 2.28. The van der Waals surface area contributed by atoms with Crippen molar-refractivity contribution in [3.05, 3.63) is 42.2 Å². The lowest BCUT2D eigenvalue weighted by Crippen LogP contribution is -2.22. The van der Waals surface area contributed by atoms with E-state index >= 15 is 0 Å². The second-order valence-electron chi connectivity index (χ2n) is 4.54. The van der Waals surface area contributed by atoms with Crippen molar-refractivity contribution in [3.63, 3.8) is 0 Å². The van der Waals surface area contributed by atoms with Crippen LogP contribution in [0.15, 0.2) is 56.2 Å². The summed E-state index contributed by atoms with van der Waals surface area (Å²) in [6, 6.07) is 11.4.